The lowest BCUT2D eigenvalue weighted by Crippen LogP contribution is -2.39. The molecule has 5 heteroatoms. The van der Waals surface area contributed by atoms with Crippen molar-refractivity contribution in [1.82, 2.24) is 10.2 Å². The monoisotopic (exact) mass is 284 g/mol. The fourth-order valence-corrected chi connectivity index (χ4v) is 2.57. The molecule has 0 aromatic heterocycles. The van der Waals surface area contributed by atoms with Gasteiger partial charge in [0.05, 0.1) is 25.7 Å². The van der Waals surface area contributed by atoms with Crippen LogP contribution in [0.3, 0.4) is 0 Å². The summed E-state index contributed by atoms with van der Waals surface area (Å²) in [4.78, 5) is 25.6. The van der Waals surface area contributed by atoms with E-state index in [1.165, 1.54) is 7.11 Å². The van der Waals surface area contributed by atoms with E-state index in [9.17, 15) is 9.59 Å². The van der Waals surface area contributed by atoms with Crippen molar-refractivity contribution in [1.29, 1.82) is 0 Å². The number of hydrogen-bond acceptors (Lipinski definition) is 4. The third kappa shape index (κ3) is 4.20. The first-order chi connectivity index (χ1) is 9.40. The van der Waals surface area contributed by atoms with E-state index in [4.69, 9.17) is 0 Å². The van der Waals surface area contributed by atoms with Gasteiger partial charge in [0.2, 0.25) is 5.91 Å². The van der Waals surface area contributed by atoms with Crippen molar-refractivity contribution in [2.24, 2.45) is 11.8 Å². The summed E-state index contributed by atoms with van der Waals surface area (Å²) in [6.45, 7) is 8.89. The zero-order valence-corrected chi connectivity index (χ0v) is 13.3. The van der Waals surface area contributed by atoms with Crippen LogP contribution in [0.1, 0.15) is 47.0 Å². The molecule has 0 saturated carbocycles. The topological polar surface area (TPSA) is 58.6 Å². The predicted molar refractivity (Wildman–Crippen MR) is 78.0 cm³/mol. The van der Waals surface area contributed by atoms with Crippen molar-refractivity contribution in [2.45, 2.75) is 59.2 Å². The summed E-state index contributed by atoms with van der Waals surface area (Å²) in [5.74, 6) is 0.652. The molecule has 1 fully saturated rings. The first-order valence-corrected chi connectivity index (χ1v) is 7.54. The average Bonchev–Trinajstić information content (AvgIpc) is 2.71. The highest BCUT2D eigenvalue weighted by molar-refractivity contribution is 5.85. The largest absolute Gasteiger partial charge is 0.469 e. The number of methoxy groups -OCH3 is 1. The van der Waals surface area contributed by atoms with E-state index in [0.717, 1.165) is 12.8 Å². The summed E-state index contributed by atoms with van der Waals surface area (Å²) in [5.41, 5.74) is 0. The quantitative estimate of drug-likeness (QED) is 0.724. The Bertz CT molecular complexity index is 344. The second-order valence-corrected chi connectivity index (χ2v) is 6.03. The van der Waals surface area contributed by atoms with E-state index in [-0.39, 0.29) is 30.5 Å². The van der Waals surface area contributed by atoms with Gasteiger partial charge in [0, 0.05) is 6.54 Å². The fraction of sp³-hybridized carbons (Fsp3) is 0.867. The van der Waals surface area contributed by atoms with E-state index < -0.39 is 0 Å². The minimum atomic E-state index is -0.270. The van der Waals surface area contributed by atoms with Crippen LogP contribution in [-0.2, 0) is 14.3 Å². The van der Waals surface area contributed by atoms with Crippen molar-refractivity contribution >= 4 is 11.9 Å². The van der Waals surface area contributed by atoms with Crippen molar-refractivity contribution in [3.63, 3.8) is 0 Å². The van der Waals surface area contributed by atoms with E-state index in [1.54, 1.807) is 0 Å². The van der Waals surface area contributed by atoms with Crippen LogP contribution < -0.4 is 5.32 Å². The van der Waals surface area contributed by atoms with Gasteiger partial charge in [0.25, 0.3) is 0 Å². The first kappa shape index (κ1) is 17.0. The second-order valence-electron chi connectivity index (χ2n) is 6.03. The third-order valence-corrected chi connectivity index (χ3v) is 3.99. The zero-order valence-electron chi connectivity index (χ0n) is 13.3. The molecular weight excluding hydrogens is 256 g/mol. The molecule has 0 aliphatic carbocycles. The minimum Gasteiger partial charge on any atom is -0.469 e. The van der Waals surface area contributed by atoms with Crippen molar-refractivity contribution in [3.8, 4) is 0 Å². The number of carbonyl (C=O) groups excluding carboxylic acids is 2. The average molecular weight is 284 g/mol. The molecule has 0 spiro atoms. The highest BCUT2D eigenvalue weighted by Crippen LogP contribution is 2.23. The molecule has 0 aromatic rings. The molecule has 1 N–H and O–H groups in total. The van der Waals surface area contributed by atoms with Gasteiger partial charge in [-0.15, -0.1) is 0 Å². The summed E-state index contributed by atoms with van der Waals surface area (Å²) in [5, 5.41) is 3.44. The van der Waals surface area contributed by atoms with Gasteiger partial charge in [0.1, 0.15) is 0 Å². The lowest BCUT2D eigenvalue weighted by Gasteiger charge is -2.25. The molecule has 0 bridgehead atoms. The van der Waals surface area contributed by atoms with Crippen LogP contribution in [0.25, 0.3) is 0 Å². The molecule has 0 radical (unpaired) electrons. The first-order valence-electron chi connectivity index (χ1n) is 7.54. The Kier molecular flexibility index (Phi) is 6.46. The maximum Gasteiger partial charge on any atom is 0.307 e. The Hall–Kier alpha value is -1.10. The van der Waals surface area contributed by atoms with Crippen molar-refractivity contribution in [3.05, 3.63) is 0 Å². The summed E-state index contributed by atoms with van der Waals surface area (Å²) in [7, 11) is 1.37. The number of hydrogen-bond donors (Lipinski definition) is 1. The molecular formula is C15H28N2O3. The Morgan fingerprint density at radius 2 is 2.05 bits per heavy atom. The molecule has 20 heavy (non-hydrogen) atoms. The lowest BCUT2D eigenvalue weighted by atomic mass is 9.99. The van der Waals surface area contributed by atoms with Gasteiger partial charge in [0.15, 0.2) is 0 Å². The van der Waals surface area contributed by atoms with E-state index >= 15 is 0 Å². The fourth-order valence-electron chi connectivity index (χ4n) is 2.57. The number of carbonyl (C=O) groups is 2. The lowest BCUT2D eigenvalue weighted by molar-refractivity contribution is -0.141. The number of esters is 1. The highest BCUT2D eigenvalue weighted by Gasteiger charge is 2.40. The minimum absolute atomic E-state index is 0.0335. The molecule has 1 amide bonds. The standard InChI is InChI=1S/C15H28N2O3/c1-6-11(4)14-15(19)17(8-7-13(18)20-5)12(16-14)9-10(2)3/h10-12,14,16H,6-9H2,1-5H3. The number of nitrogens with one attached hydrogen (secondary N) is 1. The second kappa shape index (κ2) is 7.62. The normalized spacial score (nSPS) is 24.3. The number of ether oxygens (including phenoxy) is 1. The molecule has 0 aromatic carbocycles. The molecule has 1 heterocycles. The zero-order chi connectivity index (χ0) is 15.3. The SMILES string of the molecule is CCC(C)C1NC(CC(C)C)N(CCC(=O)OC)C1=O. The number of rotatable bonds is 7. The van der Waals surface area contributed by atoms with E-state index in [2.05, 4.69) is 37.7 Å². The van der Waals surface area contributed by atoms with Gasteiger partial charge < -0.3 is 9.64 Å². The van der Waals surface area contributed by atoms with Gasteiger partial charge in [-0.3, -0.25) is 14.9 Å². The van der Waals surface area contributed by atoms with E-state index in [1.807, 2.05) is 4.90 Å². The molecule has 1 saturated heterocycles. The van der Waals surface area contributed by atoms with Crippen LogP contribution in [0.15, 0.2) is 0 Å². The maximum absolute atomic E-state index is 12.5. The summed E-state index contributed by atoms with van der Waals surface area (Å²) < 4.78 is 4.66. The van der Waals surface area contributed by atoms with Gasteiger partial charge >= 0.3 is 5.97 Å². The molecule has 1 aliphatic heterocycles. The summed E-state index contributed by atoms with van der Waals surface area (Å²) in [6, 6.07) is -0.124. The summed E-state index contributed by atoms with van der Waals surface area (Å²) >= 11 is 0. The predicted octanol–water partition coefficient (Wildman–Crippen LogP) is 1.77. The highest BCUT2D eigenvalue weighted by atomic mass is 16.5. The van der Waals surface area contributed by atoms with Crippen LogP contribution >= 0.6 is 0 Å². The smallest absolute Gasteiger partial charge is 0.307 e. The Labute approximate surface area is 122 Å². The molecule has 3 atom stereocenters. The summed E-state index contributed by atoms with van der Waals surface area (Å²) in [6.07, 6.45) is 2.15. The van der Waals surface area contributed by atoms with Gasteiger partial charge in [-0.25, -0.2) is 0 Å². The van der Waals surface area contributed by atoms with Crippen molar-refractivity contribution < 1.29 is 14.3 Å². The Balaban J connectivity index is 2.74. The van der Waals surface area contributed by atoms with Gasteiger partial charge in [-0.1, -0.05) is 34.1 Å². The molecule has 1 rings (SSSR count). The van der Waals surface area contributed by atoms with Gasteiger partial charge in [-0.05, 0) is 18.3 Å². The third-order valence-electron chi connectivity index (χ3n) is 3.99. The van der Waals surface area contributed by atoms with Gasteiger partial charge in [-0.2, -0.15) is 0 Å². The van der Waals surface area contributed by atoms with E-state index in [0.29, 0.717) is 18.4 Å². The maximum atomic E-state index is 12.5. The van der Waals surface area contributed by atoms with Crippen LogP contribution in [0.5, 0.6) is 0 Å². The Morgan fingerprint density at radius 1 is 1.40 bits per heavy atom. The molecule has 1 aliphatic rings. The van der Waals surface area contributed by atoms with Crippen LogP contribution in [0.4, 0.5) is 0 Å². The van der Waals surface area contributed by atoms with Crippen LogP contribution in [-0.4, -0.2) is 42.6 Å². The molecule has 5 nitrogen and oxygen atoms in total. The van der Waals surface area contributed by atoms with Crippen LogP contribution in [0.2, 0.25) is 0 Å². The Morgan fingerprint density at radius 3 is 2.55 bits per heavy atom. The number of amides is 1. The van der Waals surface area contributed by atoms with Crippen molar-refractivity contribution in [2.75, 3.05) is 13.7 Å². The molecule has 116 valence electrons. The number of nitrogens with zero attached hydrogens (tertiary/aromatic N) is 1. The molecule has 3 unspecified atom stereocenters. The van der Waals surface area contributed by atoms with Crippen LogP contribution in [0, 0.1) is 11.8 Å².